The van der Waals surface area contributed by atoms with Gasteiger partial charge >= 0.3 is 0 Å². The number of aryl methyl sites for hydroxylation is 2. The summed E-state index contributed by atoms with van der Waals surface area (Å²) in [5, 5.41) is 13.7. The average molecular weight is 242 g/mol. The van der Waals surface area contributed by atoms with Gasteiger partial charge in [0.2, 0.25) is 0 Å². The smallest absolute Gasteiger partial charge is 0.0886 e. The molecule has 0 spiro atoms. The van der Waals surface area contributed by atoms with Crippen molar-refractivity contribution in [3.63, 3.8) is 0 Å². The van der Waals surface area contributed by atoms with Crippen molar-refractivity contribution in [2.75, 3.05) is 0 Å². The Bertz CT molecular complexity index is 582. The maximum Gasteiger partial charge on any atom is 0.0886 e. The number of rotatable bonds is 3. The van der Waals surface area contributed by atoms with E-state index in [9.17, 15) is 5.11 Å². The minimum atomic E-state index is 0.0115. The summed E-state index contributed by atoms with van der Waals surface area (Å²) in [5.41, 5.74) is 5.66. The van der Waals surface area contributed by atoms with Crippen molar-refractivity contribution in [2.24, 2.45) is 0 Å². The van der Waals surface area contributed by atoms with Crippen molar-refractivity contribution in [3.05, 3.63) is 46.8 Å². The van der Waals surface area contributed by atoms with Gasteiger partial charge in [-0.2, -0.15) is 5.10 Å². The Morgan fingerprint density at radius 1 is 1.22 bits per heavy atom. The number of nitrogens with zero attached hydrogens (tertiary/aromatic N) is 2. The van der Waals surface area contributed by atoms with E-state index in [1.165, 1.54) is 29.7 Å². The van der Waals surface area contributed by atoms with Crippen molar-refractivity contribution in [2.45, 2.75) is 39.2 Å². The average Bonchev–Trinajstić information content (AvgIpc) is 3.12. The molecule has 1 aromatic carbocycles. The van der Waals surface area contributed by atoms with Crippen LogP contribution in [0.5, 0.6) is 0 Å². The Balaban J connectivity index is 2.08. The first-order chi connectivity index (χ1) is 8.69. The summed E-state index contributed by atoms with van der Waals surface area (Å²) in [6, 6.07) is 8.42. The van der Waals surface area contributed by atoms with Gasteiger partial charge in [0, 0.05) is 11.6 Å². The molecule has 3 rings (SSSR count). The van der Waals surface area contributed by atoms with Crippen molar-refractivity contribution < 1.29 is 5.11 Å². The predicted molar refractivity (Wildman–Crippen MR) is 70.9 cm³/mol. The first-order valence-corrected chi connectivity index (χ1v) is 6.46. The molecule has 1 fully saturated rings. The van der Waals surface area contributed by atoms with E-state index >= 15 is 0 Å². The quantitative estimate of drug-likeness (QED) is 0.898. The van der Waals surface area contributed by atoms with E-state index in [-0.39, 0.29) is 6.61 Å². The molecule has 0 amide bonds. The maximum absolute atomic E-state index is 9.25. The van der Waals surface area contributed by atoms with Crippen molar-refractivity contribution in [1.29, 1.82) is 0 Å². The van der Waals surface area contributed by atoms with Crippen LogP contribution in [0.2, 0.25) is 0 Å². The molecule has 0 saturated heterocycles. The molecule has 2 aromatic rings. The minimum Gasteiger partial charge on any atom is -0.390 e. The molecule has 0 bridgehead atoms. The van der Waals surface area contributed by atoms with Gasteiger partial charge in [0.25, 0.3) is 0 Å². The molecule has 0 radical (unpaired) electrons. The Morgan fingerprint density at radius 3 is 2.61 bits per heavy atom. The molecule has 3 heteroatoms. The zero-order chi connectivity index (χ0) is 12.7. The Morgan fingerprint density at radius 2 is 2.00 bits per heavy atom. The van der Waals surface area contributed by atoms with E-state index in [1.54, 1.807) is 0 Å². The third-order valence-electron chi connectivity index (χ3n) is 3.68. The monoisotopic (exact) mass is 242 g/mol. The van der Waals surface area contributed by atoms with Crippen molar-refractivity contribution in [1.82, 2.24) is 9.78 Å². The molecule has 3 nitrogen and oxygen atoms in total. The zero-order valence-corrected chi connectivity index (χ0v) is 10.8. The van der Waals surface area contributed by atoms with Gasteiger partial charge in [-0.3, -0.25) is 0 Å². The van der Waals surface area contributed by atoms with Crippen LogP contribution in [0.1, 0.15) is 41.3 Å². The first-order valence-electron chi connectivity index (χ1n) is 6.46. The molecule has 1 aromatic heterocycles. The summed E-state index contributed by atoms with van der Waals surface area (Å²) in [6.45, 7) is 4.24. The summed E-state index contributed by atoms with van der Waals surface area (Å²) < 4.78 is 2.00. The van der Waals surface area contributed by atoms with Crippen LogP contribution in [-0.4, -0.2) is 14.9 Å². The van der Waals surface area contributed by atoms with E-state index < -0.39 is 0 Å². The summed E-state index contributed by atoms with van der Waals surface area (Å²) in [7, 11) is 0. The second-order valence-corrected chi connectivity index (χ2v) is 5.17. The number of aromatic nitrogens is 2. The lowest BCUT2D eigenvalue weighted by molar-refractivity contribution is 0.276. The molecule has 18 heavy (non-hydrogen) atoms. The van der Waals surface area contributed by atoms with Crippen LogP contribution >= 0.6 is 0 Å². The van der Waals surface area contributed by atoms with E-state index in [2.05, 4.69) is 37.1 Å². The van der Waals surface area contributed by atoms with Gasteiger partial charge in [-0.1, -0.05) is 6.07 Å². The Labute approximate surface area is 107 Å². The summed E-state index contributed by atoms with van der Waals surface area (Å²) in [5.74, 6) is 0.624. The summed E-state index contributed by atoms with van der Waals surface area (Å²) >= 11 is 0. The van der Waals surface area contributed by atoms with Crippen LogP contribution in [0.4, 0.5) is 0 Å². The van der Waals surface area contributed by atoms with Crippen LogP contribution in [0, 0.1) is 13.8 Å². The number of benzene rings is 1. The molecule has 1 heterocycles. The molecule has 1 N–H and O–H groups in total. The molecule has 0 aliphatic heterocycles. The van der Waals surface area contributed by atoms with E-state index in [0.717, 1.165) is 11.4 Å². The normalized spacial score (nSPS) is 15.1. The van der Waals surface area contributed by atoms with Crippen molar-refractivity contribution in [3.8, 4) is 5.69 Å². The minimum absolute atomic E-state index is 0.0115. The molecule has 1 saturated carbocycles. The van der Waals surface area contributed by atoms with Crippen LogP contribution in [0.15, 0.2) is 24.3 Å². The number of hydrogen-bond donors (Lipinski definition) is 1. The van der Waals surface area contributed by atoms with Gasteiger partial charge in [0.1, 0.15) is 0 Å². The Kier molecular flexibility index (Phi) is 2.71. The standard InChI is InChI=1S/C15H18N2O/c1-10-3-6-14(7-11(10)2)17-15(12-4-5-12)8-13(9-18)16-17/h3,6-8,12,18H,4-5,9H2,1-2H3. The predicted octanol–water partition coefficient (Wildman–Crippen LogP) is 2.86. The highest BCUT2D eigenvalue weighted by Gasteiger charge is 2.28. The molecule has 94 valence electrons. The van der Waals surface area contributed by atoms with E-state index in [4.69, 9.17) is 0 Å². The molecule has 1 aliphatic rings. The molecule has 0 unspecified atom stereocenters. The van der Waals surface area contributed by atoms with Gasteiger partial charge in [-0.25, -0.2) is 4.68 Å². The Hall–Kier alpha value is -1.61. The van der Waals surface area contributed by atoms with Crippen LogP contribution in [0.25, 0.3) is 5.69 Å². The van der Waals surface area contributed by atoms with E-state index in [0.29, 0.717) is 5.92 Å². The SMILES string of the molecule is Cc1ccc(-n2nc(CO)cc2C2CC2)cc1C. The topological polar surface area (TPSA) is 38.0 Å². The summed E-state index contributed by atoms with van der Waals surface area (Å²) in [4.78, 5) is 0. The third kappa shape index (κ3) is 1.95. The largest absolute Gasteiger partial charge is 0.390 e. The maximum atomic E-state index is 9.25. The number of aliphatic hydroxyl groups excluding tert-OH is 1. The first kappa shape index (κ1) is 11.5. The lowest BCUT2D eigenvalue weighted by Gasteiger charge is -2.08. The van der Waals surface area contributed by atoms with Crippen LogP contribution < -0.4 is 0 Å². The highest BCUT2D eigenvalue weighted by atomic mass is 16.3. The van der Waals surface area contributed by atoms with Crippen molar-refractivity contribution >= 4 is 0 Å². The summed E-state index contributed by atoms with van der Waals surface area (Å²) in [6.07, 6.45) is 2.48. The molecular formula is C15H18N2O. The fraction of sp³-hybridized carbons (Fsp3) is 0.400. The lowest BCUT2D eigenvalue weighted by atomic mass is 10.1. The fourth-order valence-corrected chi connectivity index (χ4v) is 2.26. The van der Waals surface area contributed by atoms with Gasteiger partial charge in [-0.05, 0) is 56.0 Å². The fourth-order valence-electron chi connectivity index (χ4n) is 2.26. The van der Waals surface area contributed by atoms with Crippen LogP contribution in [-0.2, 0) is 6.61 Å². The second-order valence-electron chi connectivity index (χ2n) is 5.17. The van der Waals surface area contributed by atoms with Gasteiger partial charge < -0.3 is 5.11 Å². The molecule has 0 atom stereocenters. The zero-order valence-electron chi connectivity index (χ0n) is 10.8. The number of aliphatic hydroxyl groups is 1. The van der Waals surface area contributed by atoms with Gasteiger partial charge in [0.05, 0.1) is 18.0 Å². The highest BCUT2D eigenvalue weighted by molar-refractivity contribution is 5.41. The molecule has 1 aliphatic carbocycles. The van der Waals surface area contributed by atoms with Gasteiger partial charge in [0.15, 0.2) is 0 Å². The molecular weight excluding hydrogens is 224 g/mol. The highest BCUT2D eigenvalue weighted by Crippen LogP contribution is 2.41. The third-order valence-corrected chi connectivity index (χ3v) is 3.68. The second kappa shape index (κ2) is 4.25. The van der Waals surface area contributed by atoms with E-state index in [1.807, 2.05) is 10.7 Å². The van der Waals surface area contributed by atoms with Gasteiger partial charge in [-0.15, -0.1) is 0 Å². The number of hydrogen-bond acceptors (Lipinski definition) is 2. The van der Waals surface area contributed by atoms with Crippen LogP contribution in [0.3, 0.4) is 0 Å². The lowest BCUT2D eigenvalue weighted by Crippen LogP contribution is -2.02.